The van der Waals surface area contributed by atoms with Crippen molar-refractivity contribution in [1.82, 2.24) is 10.3 Å². The Morgan fingerprint density at radius 1 is 1.06 bits per heavy atom. The Morgan fingerprint density at radius 2 is 1.74 bits per heavy atom. The van der Waals surface area contributed by atoms with Gasteiger partial charge in [0.15, 0.2) is 5.13 Å². The summed E-state index contributed by atoms with van der Waals surface area (Å²) in [4.78, 5) is 44.5. The largest absolute Gasteiger partial charge is 0.497 e. The van der Waals surface area contributed by atoms with E-state index in [9.17, 15) is 18.8 Å². The summed E-state index contributed by atoms with van der Waals surface area (Å²) in [5.74, 6) is -1.13. The first-order chi connectivity index (χ1) is 16.8. The fourth-order valence-corrected chi connectivity index (χ4v) is 3.96. The standard InChI is InChI=1S/C25H27FN4O4S/c1-16(2)28-24(33)23(17-4-10-20(34-3)11-5-17)30(19-8-6-18(26)7-9-19)22(32)13-12-21(31)29-25-27-14-15-35-25/h4-11,14-16,23H,12-13H2,1-3H3,(H,28,33)(H,27,29,31). The number of rotatable bonds is 10. The van der Waals surface area contributed by atoms with Gasteiger partial charge in [-0.25, -0.2) is 9.37 Å². The number of hydrogen-bond donors (Lipinski definition) is 2. The fraction of sp³-hybridized carbons (Fsp3) is 0.280. The molecule has 0 radical (unpaired) electrons. The number of carbonyl (C=O) groups is 3. The van der Waals surface area contributed by atoms with E-state index in [1.165, 1.54) is 47.6 Å². The van der Waals surface area contributed by atoms with Gasteiger partial charge in [0.25, 0.3) is 0 Å². The maximum atomic E-state index is 13.7. The van der Waals surface area contributed by atoms with E-state index >= 15 is 0 Å². The highest BCUT2D eigenvalue weighted by atomic mass is 32.1. The van der Waals surface area contributed by atoms with Gasteiger partial charge >= 0.3 is 0 Å². The van der Waals surface area contributed by atoms with E-state index in [0.717, 1.165) is 0 Å². The van der Waals surface area contributed by atoms with Gasteiger partial charge in [-0.2, -0.15) is 0 Å². The maximum Gasteiger partial charge on any atom is 0.248 e. The Balaban J connectivity index is 1.94. The van der Waals surface area contributed by atoms with Crippen molar-refractivity contribution in [2.45, 2.75) is 38.8 Å². The van der Waals surface area contributed by atoms with Gasteiger partial charge in [0.1, 0.15) is 17.6 Å². The van der Waals surface area contributed by atoms with Crippen molar-refractivity contribution in [2.75, 3.05) is 17.3 Å². The molecule has 3 amide bonds. The molecule has 2 aromatic carbocycles. The minimum Gasteiger partial charge on any atom is -0.497 e. The first-order valence-corrected chi connectivity index (χ1v) is 11.9. The van der Waals surface area contributed by atoms with Crippen LogP contribution in [0.25, 0.3) is 0 Å². The zero-order chi connectivity index (χ0) is 25.4. The van der Waals surface area contributed by atoms with Crippen molar-refractivity contribution in [3.63, 3.8) is 0 Å². The molecule has 184 valence electrons. The minimum absolute atomic E-state index is 0.114. The smallest absolute Gasteiger partial charge is 0.248 e. The lowest BCUT2D eigenvalue weighted by molar-refractivity contribution is -0.127. The van der Waals surface area contributed by atoms with Gasteiger partial charge in [0.2, 0.25) is 17.7 Å². The Kier molecular flexibility index (Phi) is 8.91. The van der Waals surface area contributed by atoms with Crippen molar-refractivity contribution in [3.05, 3.63) is 71.5 Å². The van der Waals surface area contributed by atoms with Crippen LogP contribution in [0.1, 0.15) is 38.3 Å². The van der Waals surface area contributed by atoms with Gasteiger partial charge in [-0.05, 0) is 55.8 Å². The lowest BCUT2D eigenvalue weighted by atomic mass is 10.0. The summed E-state index contributed by atoms with van der Waals surface area (Å²) in [6.45, 7) is 3.63. The molecule has 10 heteroatoms. The van der Waals surface area contributed by atoms with Gasteiger partial charge in [-0.1, -0.05) is 12.1 Å². The number of nitrogens with one attached hydrogen (secondary N) is 2. The van der Waals surface area contributed by atoms with Crippen LogP contribution in [0.4, 0.5) is 15.2 Å². The van der Waals surface area contributed by atoms with Crippen LogP contribution < -0.4 is 20.3 Å². The second-order valence-electron chi connectivity index (χ2n) is 7.96. The topological polar surface area (TPSA) is 101 Å². The number of methoxy groups -OCH3 is 1. The van der Waals surface area contributed by atoms with Crippen LogP contribution >= 0.6 is 11.3 Å². The summed E-state index contributed by atoms with van der Waals surface area (Å²) in [5.41, 5.74) is 0.866. The van der Waals surface area contributed by atoms with Crippen molar-refractivity contribution in [1.29, 1.82) is 0 Å². The predicted molar refractivity (Wildman–Crippen MR) is 133 cm³/mol. The van der Waals surface area contributed by atoms with Gasteiger partial charge in [0, 0.05) is 36.1 Å². The summed E-state index contributed by atoms with van der Waals surface area (Å²) in [5, 5.41) is 7.66. The molecule has 35 heavy (non-hydrogen) atoms. The number of amides is 3. The summed E-state index contributed by atoms with van der Waals surface area (Å²) in [6.07, 6.45) is 1.28. The second kappa shape index (κ2) is 12.1. The highest BCUT2D eigenvalue weighted by molar-refractivity contribution is 7.13. The zero-order valence-electron chi connectivity index (χ0n) is 19.7. The summed E-state index contributed by atoms with van der Waals surface area (Å²) in [6, 6.07) is 10.8. The Bertz CT molecular complexity index is 1140. The number of ether oxygens (including phenoxy) is 1. The molecule has 1 aromatic heterocycles. The molecule has 0 spiro atoms. The van der Waals surface area contributed by atoms with Gasteiger partial charge in [-0.3, -0.25) is 19.3 Å². The second-order valence-corrected chi connectivity index (χ2v) is 8.86. The van der Waals surface area contributed by atoms with E-state index in [2.05, 4.69) is 15.6 Å². The van der Waals surface area contributed by atoms with Crippen molar-refractivity contribution in [2.24, 2.45) is 0 Å². The Labute approximate surface area is 207 Å². The number of thiazole rings is 1. The average molecular weight is 499 g/mol. The average Bonchev–Trinajstić information content (AvgIpc) is 3.34. The minimum atomic E-state index is -1.05. The third-order valence-electron chi connectivity index (χ3n) is 4.99. The Hall–Kier alpha value is -3.79. The molecule has 1 unspecified atom stereocenters. The number of hydrogen-bond acceptors (Lipinski definition) is 6. The summed E-state index contributed by atoms with van der Waals surface area (Å²) >= 11 is 1.27. The summed E-state index contributed by atoms with van der Waals surface area (Å²) < 4.78 is 18.9. The van der Waals surface area contributed by atoms with Crippen LogP contribution in [-0.4, -0.2) is 35.9 Å². The van der Waals surface area contributed by atoms with E-state index < -0.39 is 23.7 Å². The monoisotopic (exact) mass is 498 g/mol. The highest BCUT2D eigenvalue weighted by Crippen LogP contribution is 2.30. The molecule has 1 heterocycles. The van der Waals surface area contributed by atoms with Crippen LogP contribution in [-0.2, 0) is 14.4 Å². The molecule has 3 aromatic rings. The molecular formula is C25H27FN4O4S. The molecule has 1 atom stereocenters. The fourth-order valence-electron chi connectivity index (χ4n) is 3.41. The Morgan fingerprint density at radius 3 is 2.31 bits per heavy atom. The molecule has 0 aliphatic heterocycles. The van der Waals surface area contributed by atoms with E-state index in [4.69, 9.17) is 4.74 Å². The van der Waals surface area contributed by atoms with Crippen LogP contribution in [0, 0.1) is 5.82 Å². The molecule has 0 aliphatic carbocycles. The van der Waals surface area contributed by atoms with Crippen LogP contribution in [0.5, 0.6) is 5.75 Å². The van der Waals surface area contributed by atoms with Crippen molar-refractivity contribution >= 4 is 39.9 Å². The number of nitrogens with zero attached hydrogens (tertiary/aromatic N) is 2. The van der Waals surface area contributed by atoms with Crippen LogP contribution in [0.2, 0.25) is 0 Å². The van der Waals surface area contributed by atoms with E-state index in [1.54, 1.807) is 35.8 Å². The highest BCUT2D eigenvalue weighted by Gasteiger charge is 2.33. The molecule has 0 aliphatic rings. The zero-order valence-corrected chi connectivity index (χ0v) is 20.5. The van der Waals surface area contributed by atoms with Crippen LogP contribution in [0.15, 0.2) is 60.1 Å². The quantitative estimate of drug-likeness (QED) is 0.434. The third-order valence-corrected chi connectivity index (χ3v) is 5.68. The number of halogens is 1. The molecule has 3 rings (SSSR count). The lowest BCUT2D eigenvalue weighted by Crippen LogP contribution is -2.46. The number of anilines is 2. The van der Waals surface area contributed by atoms with Crippen molar-refractivity contribution in [3.8, 4) is 5.75 Å². The summed E-state index contributed by atoms with van der Waals surface area (Å²) in [7, 11) is 1.53. The molecule has 0 bridgehead atoms. The molecular weight excluding hydrogens is 471 g/mol. The van der Waals surface area contributed by atoms with Gasteiger partial charge < -0.3 is 15.4 Å². The van der Waals surface area contributed by atoms with Gasteiger partial charge in [0.05, 0.1) is 7.11 Å². The lowest BCUT2D eigenvalue weighted by Gasteiger charge is -2.32. The third kappa shape index (κ3) is 7.10. The maximum absolute atomic E-state index is 13.7. The number of aromatic nitrogens is 1. The van der Waals surface area contributed by atoms with Crippen LogP contribution in [0.3, 0.4) is 0 Å². The van der Waals surface area contributed by atoms with Crippen molar-refractivity contribution < 1.29 is 23.5 Å². The molecule has 0 saturated carbocycles. The molecule has 2 N–H and O–H groups in total. The van der Waals surface area contributed by atoms with E-state index in [-0.39, 0.29) is 24.8 Å². The first-order valence-electron chi connectivity index (χ1n) is 11.0. The SMILES string of the molecule is COc1ccc(C(C(=O)NC(C)C)N(C(=O)CCC(=O)Nc2nccs2)c2ccc(F)cc2)cc1. The predicted octanol–water partition coefficient (Wildman–Crippen LogP) is 4.31. The van der Waals surface area contributed by atoms with E-state index in [0.29, 0.717) is 22.1 Å². The molecule has 0 fully saturated rings. The number of benzene rings is 2. The normalized spacial score (nSPS) is 11.6. The molecule has 8 nitrogen and oxygen atoms in total. The van der Waals surface area contributed by atoms with Gasteiger partial charge in [-0.15, -0.1) is 11.3 Å². The number of carbonyl (C=O) groups excluding carboxylic acids is 3. The van der Waals surface area contributed by atoms with E-state index in [1.807, 2.05) is 13.8 Å². The first kappa shape index (κ1) is 25.8. The molecule has 0 saturated heterocycles.